The maximum absolute atomic E-state index is 10.9. The van der Waals surface area contributed by atoms with Gasteiger partial charge in [0.05, 0.1) is 192 Å². The third-order valence-electron chi connectivity index (χ3n) is 14.5. The third kappa shape index (κ3) is 35.4. The largest absolute Gasteiger partial charge is 0.486 e. The first-order chi connectivity index (χ1) is 46.2. The quantitative estimate of drug-likeness (QED) is 0.0321. The molecule has 0 saturated heterocycles. The van der Waals surface area contributed by atoms with E-state index in [0.717, 1.165) is 65.5 Å². The number of hydrogen-bond donors (Lipinski definition) is 1. The topological polar surface area (TPSA) is 221 Å². The zero-order valence-electron chi connectivity index (χ0n) is 55.8. The van der Waals surface area contributed by atoms with Crippen LogP contribution in [0, 0.1) is 25.7 Å². The van der Waals surface area contributed by atoms with Crippen molar-refractivity contribution in [2.45, 2.75) is 72.1 Å². The van der Waals surface area contributed by atoms with Crippen molar-refractivity contribution in [3.8, 4) is 52.3 Å². The number of hydrogen-bond acceptors (Lipinski definition) is 26. The molecule has 2 fully saturated rings. The number of thioether (sulfide) groups is 2. The summed E-state index contributed by atoms with van der Waals surface area (Å²) >= 11 is 9.85. The van der Waals surface area contributed by atoms with Crippen LogP contribution in [0.4, 0.5) is 0 Å². The maximum atomic E-state index is 10.9. The van der Waals surface area contributed by atoms with Gasteiger partial charge in [0.1, 0.15) is 26.4 Å². The van der Waals surface area contributed by atoms with E-state index < -0.39 is 10.1 Å². The van der Waals surface area contributed by atoms with Crippen molar-refractivity contribution < 1.29 is 98.2 Å². The Morgan fingerprint density at radius 1 is 0.372 bits per heavy atom. The summed E-state index contributed by atoms with van der Waals surface area (Å²) in [5.74, 6) is 6.71. The van der Waals surface area contributed by atoms with Crippen LogP contribution in [0.25, 0.3) is 29.3 Å². The van der Waals surface area contributed by atoms with Crippen LogP contribution in [0.3, 0.4) is 0 Å². The van der Waals surface area contributed by atoms with Gasteiger partial charge in [0.2, 0.25) is 0 Å². The van der Waals surface area contributed by atoms with Gasteiger partial charge < -0.3 is 85.3 Å². The van der Waals surface area contributed by atoms with Crippen molar-refractivity contribution >= 4 is 79.0 Å². The summed E-state index contributed by atoms with van der Waals surface area (Å²) in [6.45, 7) is 21.1. The second-order valence-corrected chi connectivity index (χ2v) is 30.7. The van der Waals surface area contributed by atoms with Crippen molar-refractivity contribution in [1.29, 1.82) is 0 Å². The number of aryl methyl sites for hydroxylation is 2. The van der Waals surface area contributed by atoms with Crippen LogP contribution in [0.2, 0.25) is 0 Å². The van der Waals surface area contributed by atoms with E-state index in [2.05, 4.69) is 38.1 Å². The van der Waals surface area contributed by atoms with Crippen molar-refractivity contribution in [3.63, 3.8) is 0 Å². The monoisotopic (exact) mass is 1460 g/mol. The van der Waals surface area contributed by atoms with Crippen molar-refractivity contribution in [2.24, 2.45) is 11.8 Å². The molecular formula is C66H106O21S7. The molecule has 0 aliphatic heterocycles. The zero-order valence-corrected chi connectivity index (χ0v) is 61.5. The molecular weight excluding hydrogens is 1350 g/mol. The summed E-state index contributed by atoms with van der Waals surface area (Å²) in [6.07, 6.45) is 10.4. The summed E-state index contributed by atoms with van der Waals surface area (Å²) in [7, 11) is -3.95. The first-order valence-corrected chi connectivity index (χ1v) is 40.6. The van der Waals surface area contributed by atoms with Crippen LogP contribution in [0.1, 0.15) is 68.0 Å². The number of rotatable bonds is 63. The Balaban J connectivity index is 1.06. The SMILES string of the molecule is CCSCCOCCOCCOCCOc1c(C)sc(-c2ccc(-c3sc(-c4ccc(C)s4)c(OCCOCCOCCOCCOCC4CCCC4)c3OCCOCCOCCOCCOCC3CCCC3)s2)c1OCCOCCOCCOCCSCCS(=O)(=O)O. The Labute approximate surface area is 583 Å². The average Bonchev–Trinajstić information content (AvgIpc) is 1.64. The van der Waals surface area contributed by atoms with E-state index in [0.29, 0.717) is 218 Å². The predicted molar refractivity (Wildman–Crippen MR) is 378 cm³/mol. The lowest BCUT2D eigenvalue weighted by molar-refractivity contribution is -0.00859. The Morgan fingerprint density at radius 3 is 1.04 bits per heavy atom. The minimum Gasteiger partial charge on any atom is -0.486 e. The van der Waals surface area contributed by atoms with E-state index in [9.17, 15) is 8.42 Å². The highest BCUT2D eigenvalue weighted by Crippen LogP contribution is 2.57. The Morgan fingerprint density at radius 2 is 0.681 bits per heavy atom. The molecule has 94 heavy (non-hydrogen) atoms. The molecule has 2 saturated carbocycles. The van der Waals surface area contributed by atoms with E-state index in [1.807, 2.05) is 18.7 Å². The minimum absolute atomic E-state index is 0.263. The van der Waals surface area contributed by atoms with E-state index in [-0.39, 0.29) is 25.6 Å². The molecule has 2 aliphatic carbocycles. The van der Waals surface area contributed by atoms with Gasteiger partial charge in [-0.2, -0.15) is 31.9 Å². The molecule has 0 aromatic carbocycles. The van der Waals surface area contributed by atoms with E-state index in [4.69, 9.17) is 89.8 Å². The molecule has 0 unspecified atom stereocenters. The lowest BCUT2D eigenvalue weighted by atomic mass is 10.1. The first-order valence-electron chi connectivity index (χ1n) is 33.4. The molecule has 2 aliphatic rings. The van der Waals surface area contributed by atoms with Crippen LogP contribution in [-0.2, 0) is 76.4 Å². The molecule has 0 spiro atoms. The van der Waals surface area contributed by atoms with E-state index in [1.54, 1.807) is 45.3 Å². The molecule has 4 heterocycles. The number of ether oxygens (including phenoxy) is 18. The third-order valence-corrected chi connectivity index (χ3v) is 22.2. The van der Waals surface area contributed by atoms with Crippen LogP contribution in [0.5, 0.6) is 23.0 Å². The Hall–Kier alpha value is -1.95. The van der Waals surface area contributed by atoms with Crippen LogP contribution in [0.15, 0.2) is 24.3 Å². The fourth-order valence-electron chi connectivity index (χ4n) is 9.81. The highest BCUT2D eigenvalue weighted by molar-refractivity contribution is 8.00. The van der Waals surface area contributed by atoms with Crippen molar-refractivity contribution in [3.05, 3.63) is 34.0 Å². The second-order valence-electron chi connectivity index (χ2n) is 21.9. The molecule has 21 nitrogen and oxygen atoms in total. The standard InChI is InChI=1S/C66H106O21S7/c1-4-88-47-45-80-31-29-72-23-25-76-37-41-84-60-54(3)91-64(61(60)85-42-38-77-28-24-73-30-32-81-46-48-89-49-50-94(67,68)69)58-15-16-59(92-58)66-63(87-44-40-79-27-22-71-18-20-75-34-36-83-52-56-11-7-8-12-56)62(65(93-66)57-14-13-53(2)90-57)86-43-39-78-26-21-70-17-19-74-33-35-82-51-55-9-5-6-10-55/h13-16,55-56H,4-12,17-52H2,1-3H3,(H,67,68,69). The minimum atomic E-state index is -3.95. The lowest BCUT2D eigenvalue weighted by Crippen LogP contribution is -2.15. The van der Waals surface area contributed by atoms with Crippen LogP contribution in [-0.4, -0.2) is 253 Å². The molecule has 4 aromatic rings. The van der Waals surface area contributed by atoms with Gasteiger partial charge in [-0.05, 0) is 81.4 Å². The summed E-state index contributed by atoms with van der Waals surface area (Å²) in [5, 5.41) is 0. The fourth-order valence-corrected chi connectivity index (χ4v) is 16.5. The highest BCUT2D eigenvalue weighted by Gasteiger charge is 2.28. The molecule has 0 amide bonds. The molecule has 0 bridgehead atoms. The smallest absolute Gasteiger partial charge is 0.265 e. The molecule has 0 radical (unpaired) electrons. The number of thiophene rings is 4. The Bertz CT molecular complexity index is 2600. The first kappa shape index (κ1) is 81.0. The van der Waals surface area contributed by atoms with Gasteiger partial charge >= 0.3 is 0 Å². The summed E-state index contributed by atoms with van der Waals surface area (Å²) in [6, 6.07) is 8.50. The summed E-state index contributed by atoms with van der Waals surface area (Å²) in [4.78, 5) is 8.02. The molecule has 538 valence electrons. The molecule has 6 rings (SSSR count). The maximum Gasteiger partial charge on any atom is 0.265 e. The lowest BCUT2D eigenvalue weighted by Gasteiger charge is -2.13. The average molecular weight is 1460 g/mol. The molecule has 1 N–H and O–H groups in total. The van der Waals surface area contributed by atoms with Crippen LogP contribution < -0.4 is 18.9 Å². The van der Waals surface area contributed by atoms with E-state index >= 15 is 0 Å². The molecule has 4 aromatic heterocycles. The Kier molecular flexibility index (Phi) is 44.9. The fraction of sp³-hybridized carbons (Fsp3) is 0.758. The van der Waals surface area contributed by atoms with Gasteiger partial charge in [0.25, 0.3) is 10.1 Å². The van der Waals surface area contributed by atoms with Crippen molar-refractivity contribution in [1.82, 2.24) is 0 Å². The van der Waals surface area contributed by atoms with E-state index in [1.165, 1.54) is 68.0 Å². The summed E-state index contributed by atoms with van der Waals surface area (Å²) in [5.41, 5.74) is 0. The van der Waals surface area contributed by atoms with Gasteiger partial charge in [-0.25, -0.2) is 0 Å². The normalized spacial score (nSPS) is 14.0. The van der Waals surface area contributed by atoms with Gasteiger partial charge in [-0.1, -0.05) is 32.6 Å². The molecule has 0 atom stereocenters. The van der Waals surface area contributed by atoms with Gasteiger partial charge in [-0.3, -0.25) is 4.55 Å². The van der Waals surface area contributed by atoms with Crippen LogP contribution >= 0.6 is 68.9 Å². The van der Waals surface area contributed by atoms with Gasteiger partial charge in [-0.15, -0.1) is 45.3 Å². The second kappa shape index (κ2) is 52.1. The zero-order chi connectivity index (χ0) is 66.2. The van der Waals surface area contributed by atoms with Gasteiger partial charge in [0, 0.05) is 54.9 Å². The van der Waals surface area contributed by atoms with Crippen molar-refractivity contribution in [2.75, 3.05) is 240 Å². The summed E-state index contributed by atoms with van der Waals surface area (Å²) < 4.78 is 138. The highest BCUT2D eigenvalue weighted by atomic mass is 32.2. The van der Waals surface area contributed by atoms with Gasteiger partial charge in [0.15, 0.2) is 23.0 Å². The predicted octanol–water partition coefficient (Wildman–Crippen LogP) is 12.1. The molecule has 28 heteroatoms.